The molecule has 0 fully saturated rings. The molecule has 1 aromatic carbocycles. The first-order valence-electron chi connectivity index (χ1n) is 6.91. The Hall–Kier alpha value is -1.86. The van der Waals surface area contributed by atoms with Gasteiger partial charge in [-0.1, -0.05) is 24.3 Å². The number of nitrogens with one attached hydrogen (secondary N) is 1. The number of hydrogen-bond donors (Lipinski definition) is 1. The van der Waals surface area contributed by atoms with Gasteiger partial charge in [-0.25, -0.2) is 4.39 Å². The topological polar surface area (TPSA) is 55.4 Å². The van der Waals surface area contributed by atoms with Gasteiger partial charge in [-0.3, -0.25) is 9.59 Å². The van der Waals surface area contributed by atoms with Crippen LogP contribution >= 0.6 is 23.1 Å². The first kappa shape index (κ1) is 17.5. The molecule has 0 radical (unpaired) electrons. The molecule has 1 amide bonds. The fraction of sp³-hybridized carbons (Fsp3) is 0.250. The van der Waals surface area contributed by atoms with Crippen LogP contribution in [-0.4, -0.2) is 24.2 Å². The molecular weight excluding hydrogens is 337 g/mol. The summed E-state index contributed by atoms with van der Waals surface area (Å²) in [6, 6.07) is 10.1. The van der Waals surface area contributed by atoms with Gasteiger partial charge in [0, 0.05) is 22.7 Å². The number of ether oxygens (including phenoxy) is 1. The van der Waals surface area contributed by atoms with E-state index in [0.29, 0.717) is 5.56 Å². The van der Waals surface area contributed by atoms with Gasteiger partial charge in [0.25, 0.3) is 5.91 Å². The quantitative estimate of drug-likeness (QED) is 0.742. The Morgan fingerprint density at radius 2 is 2.04 bits per heavy atom. The van der Waals surface area contributed by atoms with Crippen LogP contribution in [0.1, 0.15) is 10.4 Å². The Labute approximate surface area is 142 Å². The average molecular weight is 353 g/mol. The highest BCUT2D eigenvalue weighted by Gasteiger charge is 2.09. The summed E-state index contributed by atoms with van der Waals surface area (Å²) in [5, 5.41) is 4.49. The number of rotatable bonds is 8. The van der Waals surface area contributed by atoms with E-state index >= 15 is 0 Å². The molecule has 1 heterocycles. The fourth-order valence-corrected chi connectivity index (χ4v) is 3.36. The maximum atomic E-state index is 13.4. The predicted molar refractivity (Wildman–Crippen MR) is 89.7 cm³/mol. The Bertz CT molecular complexity index is 647. The highest BCUT2D eigenvalue weighted by Crippen LogP contribution is 2.16. The van der Waals surface area contributed by atoms with Crippen LogP contribution in [0.25, 0.3) is 0 Å². The number of benzene rings is 1. The Morgan fingerprint density at radius 3 is 2.78 bits per heavy atom. The van der Waals surface area contributed by atoms with Gasteiger partial charge < -0.3 is 10.1 Å². The third kappa shape index (κ3) is 6.42. The van der Waals surface area contributed by atoms with Crippen LogP contribution in [0.5, 0.6) is 0 Å². The Morgan fingerprint density at radius 1 is 1.22 bits per heavy atom. The first-order chi connectivity index (χ1) is 11.1. The number of thiophene rings is 1. The summed E-state index contributed by atoms with van der Waals surface area (Å²) >= 11 is 3.07. The van der Waals surface area contributed by atoms with E-state index in [1.165, 1.54) is 22.7 Å². The van der Waals surface area contributed by atoms with Crippen LogP contribution in [0.2, 0.25) is 0 Å². The van der Waals surface area contributed by atoms with E-state index < -0.39 is 11.9 Å². The lowest BCUT2D eigenvalue weighted by molar-refractivity contribution is -0.145. The summed E-state index contributed by atoms with van der Waals surface area (Å²) in [4.78, 5) is 24.3. The molecule has 2 rings (SSSR count). The van der Waals surface area contributed by atoms with Crippen LogP contribution in [-0.2, 0) is 26.6 Å². The molecule has 1 aromatic heterocycles. The van der Waals surface area contributed by atoms with Gasteiger partial charge in [0.2, 0.25) is 0 Å². The third-order valence-corrected chi connectivity index (χ3v) is 4.86. The van der Waals surface area contributed by atoms with Gasteiger partial charge in [0.05, 0.1) is 5.75 Å². The molecule has 0 bridgehead atoms. The van der Waals surface area contributed by atoms with Crippen molar-refractivity contribution >= 4 is 35.0 Å². The minimum absolute atomic E-state index is 0.0657. The van der Waals surface area contributed by atoms with Crippen molar-refractivity contribution in [1.29, 1.82) is 0 Å². The van der Waals surface area contributed by atoms with Crippen molar-refractivity contribution < 1.29 is 18.7 Å². The molecule has 23 heavy (non-hydrogen) atoms. The van der Waals surface area contributed by atoms with E-state index in [0.717, 1.165) is 5.75 Å². The zero-order valence-electron chi connectivity index (χ0n) is 12.3. The van der Waals surface area contributed by atoms with Crippen molar-refractivity contribution in [2.24, 2.45) is 0 Å². The van der Waals surface area contributed by atoms with Crippen LogP contribution in [0.3, 0.4) is 0 Å². The second-order valence-electron chi connectivity index (χ2n) is 4.60. The van der Waals surface area contributed by atoms with Crippen molar-refractivity contribution in [1.82, 2.24) is 5.32 Å². The second-order valence-corrected chi connectivity index (χ2v) is 6.62. The van der Waals surface area contributed by atoms with Gasteiger partial charge in [0.1, 0.15) is 5.82 Å². The molecule has 2 aromatic rings. The van der Waals surface area contributed by atoms with Gasteiger partial charge in [-0.05, 0) is 17.5 Å². The van der Waals surface area contributed by atoms with Crippen LogP contribution in [0, 0.1) is 5.82 Å². The maximum absolute atomic E-state index is 13.4. The van der Waals surface area contributed by atoms with Crippen LogP contribution in [0.4, 0.5) is 4.39 Å². The maximum Gasteiger partial charge on any atom is 0.316 e. The predicted octanol–water partition coefficient (Wildman–Crippen LogP) is 2.98. The highest BCUT2D eigenvalue weighted by molar-refractivity contribution is 7.99. The largest absolute Gasteiger partial charge is 0.455 e. The van der Waals surface area contributed by atoms with Gasteiger partial charge in [0.15, 0.2) is 6.61 Å². The van der Waals surface area contributed by atoms with Crippen molar-refractivity contribution in [3.05, 3.63) is 58.0 Å². The molecule has 7 heteroatoms. The molecular formula is C16H16FNO3S2. The van der Waals surface area contributed by atoms with E-state index in [4.69, 9.17) is 4.74 Å². The smallest absolute Gasteiger partial charge is 0.316 e. The van der Waals surface area contributed by atoms with E-state index in [1.807, 2.05) is 17.5 Å². The SMILES string of the molecule is O=C(COC(=O)CSCc1cccs1)NCc1ccccc1F. The zero-order valence-corrected chi connectivity index (χ0v) is 13.9. The number of halogens is 1. The fourth-order valence-electron chi connectivity index (χ4n) is 1.70. The molecule has 0 saturated heterocycles. The van der Waals surface area contributed by atoms with Crippen molar-refractivity contribution in [3.63, 3.8) is 0 Å². The lowest BCUT2D eigenvalue weighted by Gasteiger charge is -2.07. The van der Waals surface area contributed by atoms with Gasteiger partial charge >= 0.3 is 5.97 Å². The summed E-state index contributed by atoms with van der Waals surface area (Å²) in [7, 11) is 0. The van der Waals surface area contributed by atoms with Crippen molar-refractivity contribution in [2.75, 3.05) is 12.4 Å². The van der Waals surface area contributed by atoms with Crippen molar-refractivity contribution in [2.45, 2.75) is 12.3 Å². The molecule has 0 spiro atoms. The summed E-state index contributed by atoms with van der Waals surface area (Å²) in [5.41, 5.74) is 0.388. The molecule has 0 saturated carbocycles. The molecule has 0 aliphatic heterocycles. The van der Waals surface area contributed by atoms with Gasteiger partial charge in [-0.15, -0.1) is 23.1 Å². The van der Waals surface area contributed by atoms with E-state index in [2.05, 4.69) is 5.32 Å². The molecule has 0 unspecified atom stereocenters. The number of carbonyl (C=O) groups excluding carboxylic acids is 2. The minimum atomic E-state index is -0.454. The Balaban J connectivity index is 1.60. The van der Waals surface area contributed by atoms with E-state index in [9.17, 15) is 14.0 Å². The highest BCUT2D eigenvalue weighted by atomic mass is 32.2. The van der Waals surface area contributed by atoms with Crippen LogP contribution in [0.15, 0.2) is 41.8 Å². The average Bonchev–Trinajstić information content (AvgIpc) is 3.05. The molecule has 0 atom stereocenters. The van der Waals surface area contributed by atoms with E-state index in [1.54, 1.807) is 29.5 Å². The summed E-state index contributed by atoms with van der Waals surface area (Å²) in [6.45, 7) is -0.289. The normalized spacial score (nSPS) is 10.3. The first-order valence-corrected chi connectivity index (χ1v) is 8.94. The molecule has 1 N–H and O–H groups in total. The molecule has 122 valence electrons. The van der Waals surface area contributed by atoms with Crippen molar-refractivity contribution in [3.8, 4) is 0 Å². The van der Waals surface area contributed by atoms with Crippen LogP contribution < -0.4 is 5.32 Å². The second kappa shape index (κ2) is 9.32. The molecule has 0 aliphatic rings. The number of thioether (sulfide) groups is 1. The summed E-state index contributed by atoms with van der Waals surface area (Å²) in [5.74, 6) is -0.336. The number of amides is 1. The Kier molecular flexibility index (Phi) is 7.09. The summed E-state index contributed by atoms with van der Waals surface area (Å²) in [6.07, 6.45) is 0. The minimum Gasteiger partial charge on any atom is -0.455 e. The molecule has 0 aliphatic carbocycles. The molecule has 4 nitrogen and oxygen atoms in total. The standard InChI is InChI=1S/C16H16FNO3S2/c17-14-6-2-1-4-12(14)8-18-15(19)9-21-16(20)11-22-10-13-5-3-7-23-13/h1-7H,8-11H2,(H,18,19). The number of carbonyl (C=O) groups is 2. The van der Waals surface area contributed by atoms with E-state index in [-0.39, 0.29) is 24.7 Å². The zero-order chi connectivity index (χ0) is 16.5. The summed E-state index contributed by atoms with van der Waals surface area (Å²) < 4.78 is 18.3. The number of esters is 1. The van der Waals surface area contributed by atoms with Gasteiger partial charge in [-0.2, -0.15) is 0 Å². The third-order valence-electron chi connectivity index (χ3n) is 2.84. The monoisotopic (exact) mass is 353 g/mol. The lowest BCUT2D eigenvalue weighted by atomic mass is 10.2. The number of hydrogen-bond acceptors (Lipinski definition) is 5. The lowest BCUT2D eigenvalue weighted by Crippen LogP contribution is -2.29.